The molecule has 10 heteroatoms. The molecular weight excluding hydrogens is 427 g/mol. The lowest BCUT2D eigenvalue weighted by Gasteiger charge is -2.26. The average Bonchev–Trinajstić information content (AvgIpc) is 2.70. The highest BCUT2D eigenvalue weighted by molar-refractivity contribution is 7.89. The van der Waals surface area contributed by atoms with Gasteiger partial charge in [0.1, 0.15) is 6.61 Å². The quantitative estimate of drug-likeness (QED) is 0.758. The number of hydrogen-bond acceptors (Lipinski definition) is 5. The Kier molecular flexibility index (Phi) is 6.79. The van der Waals surface area contributed by atoms with Crippen LogP contribution in [0.1, 0.15) is 5.56 Å². The van der Waals surface area contributed by atoms with Gasteiger partial charge in [0.25, 0.3) is 0 Å². The van der Waals surface area contributed by atoms with Gasteiger partial charge in [-0.05, 0) is 35.9 Å². The molecule has 150 valence electrons. The highest BCUT2D eigenvalue weighted by atomic mass is 35.5. The van der Waals surface area contributed by atoms with Crippen LogP contribution in [-0.4, -0.2) is 45.1 Å². The van der Waals surface area contributed by atoms with Gasteiger partial charge in [-0.2, -0.15) is 4.31 Å². The molecule has 1 heterocycles. The van der Waals surface area contributed by atoms with Crippen LogP contribution in [0, 0.1) is 0 Å². The monoisotopic (exact) mass is 444 g/mol. The standard InChI is InChI=1S/C18H18Cl2N2O5S/c19-16-5-4-14(11-17(16)20)21-18(23)27-12-13-2-1-3-15(10-13)28(24,25)22-6-8-26-9-7-22/h1-5,10-11H,6-9,12H2,(H,21,23). The number of benzene rings is 2. The van der Waals surface area contributed by atoms with Gasteiger partial charge >= 0.3 is 6.09 Å². The maximum Gasteiger partial charge on any atom is 0.411 e. The molecule has 3 rings (SSSR count). The first kappa shape index (κ1) is 20.9. The van der Waals surface area contributed by atoms with E-state index in [9.17, 15) is 13.2 Å². The summed E-state index contributed by atoms with van der Waals surface area (Å²) in [5.74, 6) is 0. The number of nitrogens with one attached hydrogen (secondary N) is 1. The molecule has 28 heavy (non-hydrogen) atoms. The number of carbonyl (C=O) groups excluding carboxylic acids is 1. The molecule has 0 saturated carbocycles. The van der Waals surface area contributed by atoms with E-state index >= 15 is 0 Å². The molecule has 0 atom stereocenters. The van der Waals surface area contributed by atoms with Crippen LogP contribution in [0.4, 0.5) is 10.5 Å². The van der Waals surface area contributed by atoms with Crippen molar-refractivity contribution in [2.75, 3.05) is 31.6 Å². The minimum atomic E-state index is -3.61. The Labute approximate surface area is 173 Å². The summed E-state index contributed by atoms with van der Waals surface area (Å²) in [5.41, 5.74) is 0.988. The molecule has 0 aromatic heterocycles. The number of nitrogens with zero attached hydrogens (tertiary/aromatic N) is 1. The average molecular weight is 445 g/mol. The van der Waals surface area contributed by atoms with E-state index in [-0.39, 0.29) is 11.5 Å². The summed E-state index contributed by atoms with van der Waals surface area (Å²) in [5, 5.41) is 3.21. The predicted octanol–water partition coefficient (Wildman–Crippen LogP) is 3.76. The normalized spacial score (nSPS) is 15.2. The van der Waals surface area contributed by atoms with Gasteiger partial charge < -0.3 is 9.47 Å². The van der Waals surface area contributed by atoms with Crippen molar-refractivity contribution in [3.8, 4) is 0 Å². The number of ether oxygens (including phenoxy) is 2. The van der Waals surface area contributed by atoms with Gasteiger partial charge in [0.05, 0.1) is 28.2 Å². The smallest absolute Gasteiger partial charge is 0.411 e. The molecule has 1 aliphatic heterocycles. The summed E-state index contributed by atoms with van der Waals surface area (Å²) < 4.78 is 37.1. The van der Waals surface area contributed by atoms with E-state index in [4.69, 9.17) is 32.7 Å². The van der Waals surface area contributed by atoms with Crippen molar-refractivity contribution in [2.24, 2.45) is 0 Å². The first-order valence-corrected chi connectivity index (χ1v) is 10.6. The molecule has 1 N–H and O–H groups in total. The third kappa shape index (κ3) is 5.15. The Bertz CT molecular complexity index is 962. The molecule has 0 unspecified atom stereocenters. The molecule has 1 fully saturated rings. The molecule has 0 radical (unpaired) electrons. The van der Waals surface area contributed by atoms with Crippen LogP contribution >= 0.6 is 23.2 Å². The number of carbonyl (C=O) groups is 1. The van der Waals surface area contributed by atoms with E-state index in [0.29, 0.717) is 47.6 Å². The summed E-state index contributed by atoms with van der Waals surface area (Å²) in [7, 11) is -3.61. The van der Waals surface area contributed by atoms with Gasteiger partial charge in [-0.3, -0.25) is 5.32 Å². The molecule has 1 aliphatic rings. The minimum Gasteiger partial charge on any atom is -0.444 e. The van der Waals surface area contributed by atoms with Gasteiger partial charge in [-0.25, -0.2) is 13.2 Å². The maximum atomic E-state index is 12.7. The molecule has 7 nitrogen and oxygen atoms in total. The molecule has 0 spiro atoms. The summed E-state index contributed by atoms with van der Waals surface area (Å²) in [6.45, 7) is 1.29. The SMILES string of the molecule is O=C(Nc1ccc(Cl)c(Cl)c1)OCc1cccc(S(=O)(=O)N2CCOCC2)c1. The van der Waals surface area contributed by atoms with E-state index in [1.54, 1.807) is 24.3 Å². The number of rotatable bonds is 5. The molecular formula is C18H18Cl2N2O5S. The fourth-order valence-electron chi connectivity index (χ4n) is 2.61. The number of hydrogen-bond donors (Lipinski definition) is 1. The van der Waals surface area contributed by atoms with Gasteiger partial charge in [0, 0.05) is 18.8 Å². The van der Waals surface area contributed by atoms with Crippen LogP contribution < -0.4 is 5.32 Å². The largest absolute Gasteiger partial charge is 0.444 e. The molecule has 0 aliphatic carbocycles. The Morgan fingerprint density at radius 3 is 2.57 bits per heavy atom. The molecule has 1 amide bonds. The third-order valence-electron chi connectivity index (χ3n) is 4.04. The summed E-state index contributed by atoms with van der Waals surface area (Å²) >= 11 is 11.7. The van der Waals surface area contributed by atoms with Crippen LogP contribution in [-0.2, 0) is 26.1 Å². The van der Waals surface area contributed by atoms with Crippen molar-refractivity contribution in [1.29, 1.82) is 0 Å². The number of halogens is 2. The number of sulfonamides is 1. The van der Waals surface area contributed by atoms with E-state index in [1.807, 2.05) is 0 Å². The van der Waals surface area contributed by atoms with Crippen molar-refractivity contribution >= 4 is 45.0 Å². The van der Waals surface area contributed by atoms with Crippen molar-refractivity contribution in [2.45, 2.75) is 11.5 Å². The van der Waals surface area contributed by atoms with E-state index in [0.717, 1.165) is 0 Å². The lowest BCUT2D eigenvalue weighted by atomic mass is 10.2. The predicted molar refractivity (Wildman–Crippen MR) is 106 cm³/mol. The Hall–Kier alpha value is -1.84. The lowest BCUT2D eigenvalue weighted by molar-refractivity contribution is 0.0730. The summed E-state index contributed by atoms with van der Waals surface area (Å²) in [4.78, 5) is 12.1. The van der Waals surface area contributed by atoms with Gasteiger partial charge in [0.2, 0.25) is 10.0 Å². The van der Waals surface area contributed by atoms with Crippen LogP contribution in [0.2, 0.25) is 10.0 Å². The van der Waals surface area contributed by atoms with Crippen LogP contribution in [0.25, 0.3) is 0 Å². The van der Waals surface area contributed by atoms with Crippen LogP contribution in [0.5, 0.6) is 0 Å². The summed E-state index contributed by atoms with van der Waals surface area (Å²) in [6.07, 6.45) is -0.695. The zero-order valence-electron chi connectivity index (χ0n) is 14.7. The second-order valence-electron chi connectivity index (χ2n) is 5.99. The van der Waals surface area contributed by atoms with Crippen molar-refractivity contribution in [3.05, 3.63) is 58.1 Å². The van der Waals surface area contributed by atoms with Crippen molar-refractivity contribution in [3.63, 3.8) is 0 Å². The zero-order chi connectivity index (χ0) is 20.1. The highest BCUT2D eigenvalue weighted by Gasteiger charge is 2.26. The summed E-state index contributed by atoms with van der Waals surface area (Å²) in [6, 6.07) is 11.0. The highest BCUT2D eigenvalue weighted by Crippen LogP contribution is 2.25. The van der Waals surface area contributed by atoms with Crippen molar-refractivity contribution in [1.82, 2.24) is 4.31 Å². The fourth-order valence-corrected chi connectivity index (χ4v) is 4.39. The Balaban J connectivity index is 1.62. The Morgan fingerprint density at radius 2 is 1.86 bits per heavy atom. The van der Waals surface area contributed by atoms with Crippen LogP contribution in [0.15, 0.2) is 47.4 Å². The minimum absolute atomic E-state index is 0.0837. The Morgan fingerprint density at radius 1 is 1.11 bits per heavy atom. The molecule has 2 aromatic carbocycles. The van der Waals surface area contributed by atoms with E-state index in [2.05, 4.69) is 5.32 Å². The number of morpholine rings is 1. The van der Waals surface area contributed by atoms with Gasteiger partial charge in [-0.1, -0.05) is 35.3 Å². The zero-order valence-corrected chi connectivity index (χ0v) is 17.1. The fraction of sp³-hybridized carbons (Fsp3) is 0.278. The second kappa shape index (κ2) is 9.11. The second-order valence-corrected chi connectivity index (χ2v) is 8.75. The molecule has 2 aromatic rings. The third-order valence-corrected chi connectivity index (χ3v) is 6.68. The van der Waals surface area contributed by atoms with Gasteiger partial charge in [0.15, 0.2) is 0 Å². The number of anilines is 1. The first-order valence-electron chi connectivity index (χ1n) is 8.42. The topological polar surface area (TPSA) is 84.9 Å². The van der Waals surface area contributed by atoms with Gasteiger partial charge in [-0.15, -0.1) is 0 Å². The van der Waals surface area contributed by atoms with E-state index in [1.165, 1.54) is 22.5 Å². The number of amides is 1. The van der Waals surface area contributed by atoms with E-state index < -0.39 is 16.1 Å². The van der Waals surface area contributed by atoms with Crippen LogP contribution in [0.3, 0.4) is 0 Å². The molecule has 1 saturated heterocycles. The first-order chi connectivity index (χ1) is 13.4. The molecule has 0 bridgehead atoms. The lowest BCUT2D eigenvalue weighted by Crippen LogP contribution is -2.40. The maximum absolute atomic E-state index is 12.7. The van der Waals surface area contributed by atoms with Crippen molar-refractivity contribution < 1.29 is 22.7 Å².